The van der Waals surface area contributed by atoms with E-state index in [4.69, 9.17) is 5.26 Å². The quantitative estimate of drug-likeness (QED) is 0.481. The van der Waals surface area contributed by atoms with Gasteiger partial charge in [0.25, 0.3) is 5.69 Å². The van der Waals surface area contributed by atoms with E-state index in [1.165, 1.54) is 18.2 Å². The fourth-order valence-electron chi connectivity index (χ4n) is 1.29. The van der Waals surface area contributed by atoms with E-state index < -0.39 is 10.9 Å². The Morgan fingerprint density at radius 2 is 2.33 bits per heavy atom. The summed E-state index contributed by atoms with van der Waals surface area (Å²) in [4.78, 5) is 21.3. The van der Waals surface area contributed by atoms with Crippen molar-refractivity contribution >= 4 is 17.3 Å². The molecule has 0 heterocycles. The molecule has 0 bridgehead atoms. The van der Waals surface area contributed by atoms with Gasteiger partial charge in [-0.15, -0.1) is 0 Å². The molecule has 1 aromatic rings. The Morgan fingerprint density at radius 3 is 2.89 bits per heavy atom. The number of benzene rings is 1. The van der Waals surface area contributed by atoms with E-state index in [0.29, 0.717) is 0 Å². The molecule has 94 valence electrons. The minimum atomic E-state index is -0.589. The summed E-state index contributed by atoms with van der Waals surface area (Å²) in [6, 6.07) is 5.74. The molecule has 1 aromatic carbocycles. The molecule has 0 atom stereocenters. The average Bonchev–Trinajstić information content (AvgIpc) is 2.36. The molecule has 1 N–H and O–H groups in total. The van der Waals surface area contributed by atoms with Gasteiger partial charge in [0.2, 0.25) is 0 Å². The lowest BCUT2D eigenvalue weighted by atomic mass is 10.2. The molecule has 18 heavy (non-hydrogen) atoms. The SMILES string of the molecule is CCOC(=O)CNc1cc(C#N)ccc1[N+](=O)[O-]. The summed E-state index contributed by atoms with van der Waals surface area (Å²) in [5, 5.41) is 22.1. The lowest BCUT2D eigenvalue weighted by Gasteiger charge is -2.06. The molecule has 0 aliphatic rings. The van der Waals surface area contributed by atoms with Gasteiger partial charge >= 0.3 is 5.97 Å². The number of hydrogen-bond donors (Lipinski definition) is 1. The van der Waals surface area contributed by atoms with Crippen molar-refractivity contribution < 1.29 is 14.5 Å². The van der Waals surface area contributed by atoms with Crippen molar-refractivity contribution in [3.05, 3.63) is 33.9 Å². The van der Waals surface area contributed by atoms with Gasteiger partial charge in [0, 0.05) is 6.07 Å². The normalized spacial score (nSPS) is 9.33. The van der Waals surface area contributed by atoms with Crippen LogP contribution in [0.3, 0.4) is 0 Å². The molecule has 0 spiro atoms. The maximum atomic E-state index is 11.1. The molecule has 7 nitrogen and oxygen atoms in total. The maximum absolute atomic E-state index is 11.1. The van der Waals surface area contributed by atoms with Gasteiger partial charge in [-0.2, -0.15) is 5.26 Å². The zero-order valence-corrected chi connectivity index (χ0v) is 9.67. The molecule has 0 amide bonds. The van der Waals surface area contributed by atoms with E-state index in [2.05, 4.69) is 10.1 Å². The third-order valence-electron chi connectivity index (χ3n) is 2.05. The number of ether oxygens (including phenoxy) is 1. The summed E-state index contributed by atoms with van der Waals surface area (Å²) in [5.41, 5.74) is 0.192. The highest BCUT2D eigenvalue weighted by Crippen LogP contribution is 2.24. The van der Waals surface area contributed by atoms with Crippen LogP contribution in [0.25, 0.3) is 0 Å². The number of nitrogens with zero attached hydrogens (tertiary/aromatic N) is 2. The second kappa shape index (κ2) is 6.20. The lowest BCUT2D eigenvalue weighted by molar-refractivity contribution is -0.384. The zero-order chi connectivity index (χ0) is 13.5. The van der Waals surface area contributed by atoms with E-state index in [1.54, 1.807) is 6.92 Å². The lowest BCUT2D eigenvalue weighted by Crippen LogP contribution is -2.17. The first-order valence-corrected chi connectivity index (χ1v) is 5.16. The Morgan fingerprint density at radius 1 is 1.61 bits per heavy atom. The number of carbonyl (C=O) groups is 1. The summed E-state index contributed by atoms with van der Waals surface area (Å²) >= 11 is 0. The standard InChI is InChI=1S/C11H11N3O4/c1-2-18-11(15)7-13-9-5-8(6-12)3-4-10(9)14(16)17/h3-5,13H,2,7H2,1H3. The average molecular weight is 249 g/mol. The minimum absolute atomic E-state index is 0.118. The number of nitriles is 1. The highest BCUT2D eigenvalue weighted by Gasteiger charge is 2.15. The third-order valence-corrected chi connectivity index (χ3v) is 2.05. The van der Waals surface area contributed by atoms with Crippen molar-refractivity contribution in [1.82, 2.24) is 0 Å². The molecule has 0 aliphatic carbocycles. The zero-order valence-electron chi connectivity index (χ0n) is 9.67. The first-order chi connectivity index (χ1) is 8.58. The second-order valence-electron chi connectivity index (χ2n) is 3.26. The number of anilines is 1. The number of nitrogens with one attached hydrogen (secondary N) is 1. The van der Waals surface area contributed by atoms with E-state index in [9.17, 15) is 14.9 Å². The van der Waals surface area contributed by atoms with Crippen molar-refractivity contribution in [2.45, 2.75) is 6.92 Å². The fourth-order valence-corrected chi connectivity index (χ4v) is 1.29. The third kappa shape index (κ3) is 3.45. The first kappa shape index (κ1) is 13.4. The van der Waals surface area contributed by atoms with Crippen molar-refractivity contribution in [3.8, 4) is 6.07 Å². The Bertz CT molecular complexity index is 508. The van der Waals surface area contributed by atoms with Crippen LogP contribution in [0.4, 0.5) is 11.4 Å². The van der Waals surface area contributed by atoms with Gasteiger partial charge in [-0.3, -0.25) is 14.9 Å². The van der Waals surface area contributed by atoms with Gasteiger partial charge in [0.1, 0.15) is 12.2 Å². The van der Waals surface area contributed by atoms with E-state index in [1.807, 2.05) is 6.07 Å². The summed E-state index contributed by atoms with van der Waals surface area (Å²) < 4.78 is 4.68. The molecule has 0 aliphatic heterocycles. The molecule has 0 unspecified atom stereocenters. The number of nitro groups is 1. The summed E-state index contributed by atoms with van der Waals surface area (Å²) in [6.45, 7) is 1.71. The smallest absolute Gasteiger partial charge is 0.325 e. The van der Waals surface area contributed by atoms with Crippen LogP contribution in [0.5, 0.6) is 0 Å². The number of carbonyl (C=O) groups excluding carboxylic acids is 1. The number of hydrogen-bond acceptors (Lipinski definition) is 6. The minimum Gasteiger partial charge on any atom is -0.465 e. The van der Waals surface area contributed by atoms with Gasteiger partial charge in [0.05, 0.1) is 23.2 Å². The van der Waals surface area contributed by atoms with Crippen LogP contribution in [0.2, 0.25) is 0 Å². The van der Waals surface area contributed by atoms with Gasteiger partial charge in [-0.05, 0) is 19.1 Å². The van der Waals surface area contributed by atoms with Crippen molar-refractivity contribution in [2.75, 3.05) is 18.5 Å². The van der Waals surface area contributed by atoms with Crippen LogP contribution in [-0.4, -0.2) is 24.0 Å². The van der Waals surface area contributed by atoms with Crippen LogP contribution < -0.4 is 5.32 Å². The van der Waals surface area contributed by atoms with Crippen LogP contribution in [0.1, 0.15) is 12.5 Å². The van der Waals surface area contributed by atoms with E-state index in [0.717, 1.165) is 0 Å². The first-order valence-electron chi connectivity index (χ1n) is 5.16. The van der Waals surface area contributed by atoms with E-state index >= 15 is 0 Å². The summed E-state index contributed by atoms with van der Waals surface area (Å²) in [6.07, 6.45) is 0. The van der Waals surface area contributed by atoms with Crippen molar-refractivity contribution in [2.24, 2.45) is 0 Å². The predicted octanol–water partition coefficient (Wildman–Crippen LogP) is 1.44. The molecule has 1 rings (SSSR count). The van der Waals surface area contributed by atoms with Crippen LogP contribution in [0, 0.1) is 21.4 Å². The van der Waals surface area contributed by atoms with Crippen LogP contribution in [0.15, 0.2) is 18.2 Å². The molecular weight excluding hydrogens is 238 g/mol. The number of esters is 1. The Kier molecular flexibility index (Phi) is 4.63. The fraction of sp³-hybridized carbons (Fsp3) is 0.273. The van der Waals surface area contributed by atoms with E-state index in [-0.39, 0.29) is 30.1 Å². The van der Waals surface area contributed by atoms with Crippen molar-refractivity contribution in [3.63, 3.8) is 0 Å². The Labute approximate surface area is 103 Å². The van der Waals surface area contributed by atoms with Crippen LogP contribution in [-0.2, 0) is 9.53 Å². The largest absolute Gasteiger partial charge is 0.465 e. The van der Waals surface area contributed by atoms with Gasteiger partial charge in [-0.25, -0.2) is 0 Å². The predicted molar refractivity (Wildman–Crippen MR) is 62.9 cm³/mol. The number of nitro benzene ring substituents is 1. The monoisotopic (exact) mass is 249 g/mol. The molecule has 0 fully saturated rings. The highest BCUT2D eigenvalue weighted by atomic mass is 16.6. The topological polar surface area (TPSA) is 105 Å². The molecule has 0 saturated carbocycles. The molecule has 7 heteroatoms. The summed E-state index contributed by atoms with van der Waals surface area (Å²) in [5.74, 6) is -0.519. The van der Waals surface area contributed by atoms with Gasteiger partial charge in [-0.1, -0.05) is 0 Å². The van der Waals surface area contributed by atoms with Gasteiger partial charge < -0.3 is 10.1 Å². The number of rotatable bonds is 5. The van der Waals surface area contributed by atoms with Gasteiger partial charge in [0.15, 0.2) is 0 Å². The second-order valence-corrected chi connectivity index (χ2v) is 3.26. The van der Waals surface area contributed by atoms with Crippen molar-refractivity contribution in [1.29, 1.82) is 5.26 Å². The molecule has 0 saturated heterocycles. The molecule has 0 aromatic heterocycles. The van der Waals surface area contributed by atoms with Crippen LogP contribution >= 0.6 is 0 Å². The molecule has 0 radical (unpaired) electrons. The maximum Gasteiger partial charge on any atom is 0.325 e. The summed E-state index contributed by atoms with van der Waals surface area (Å²) in [7, 11) is 0. The molecular formula is C11H11N3O4. The Hall–Kier alpha value is -2.62. The Balaban J connectivity index is 2.88. The highest BCUT2D eigenvalue weighted by molar-refractivity contribution is 5.77.